The summed E-state index contributed by atoms with van der Waals surface area (Å²) in [7, 11) is 0. The predicted octanol–water partition coefficient (Wildman–Crippen LogP) is 1.70. The molecule has 0 aliphatic rings. The van der Waals surface area contributed by atoms with Gasteiger partial charge in [-0.1, -0.05) is 0 Å². The van der Waals surface area contributed by atoms with Gasteiger partial charge in [0.05, 0.1) is 0 Å². The van der Waals surface area contributed by atoms with Gasteiger partial charge in [-0.15, -0.1) is 0 Å². The molecule has 0 spiro atoms. The van der Waals surface area contributed by atoms with Crippen molar-refractivity contribution in [2.45, 2.75) is 0 Å². The van der Waals surface area contributed by atoms with Gasteiger partial charge in [-0.3, -0.25) is 0 Å². The Morgan fingerprint density at radius 2 is 2.11 bits per heavy atom. The van der Waals surface area contributed by atoms with Crippen LogP contribution in [-0.4, -0.2) is 14.5 Å². The second kappa shape index (κ2) is 2.02. The minimum atomic E-state index is 0.497. The van der Waals surface area contributed by atoms with Gasteiger partial charge in [-0.25, -0.2) is 0 Å². The summed E-state index contributed by atoms with van der Waals surface area (Å²) in [6.45, 7) is 0. The fraction of sp³-hybridized carbons (Fsp3) is 0. The van der Waals surface area contributed by atoms with Gasteiger partial charge in [0.15, 0.2) is 0 Å². The molecule has 0 fully saturated rings. The average molecular weight is 180 g/mol. The first-order valence-corrected chi connectivity index (χ1v) is 4.53. The van der Waals surface area contributed by atoms with E-state index in [1.807, 2.05) is 0 Å². The Hall–Kier alpha value is -0.521. The van der Waals surface area contributed by atoms with Crippen molar-refractivity contribution in [1.82, 2.24) is 0 Å². The molecule has 1 heterocycles. The van der Waals surface area contributed by atoms with Gasteiger partial charge >= 0.3 is 59.4 Å². The maximum atomic E-state index is 3.23. The summed E-state index contributed by atoms with van der Waals surface area (Å²) in [5.74, 6) is 0. The molecule has 0 unspecified atom stereocenters. The molecule has 0 aliphatic carbocycles. The number of rotatable bonds is 0. The first-order valence-electron chi connectivity index (χ1n) is 2.81. The molecule has 1 aromatic heterocycles. The van der Waals surface area contributed by atoms with Gasteiger partial charge in [0.2, 0.25) is 0 Å². The van der Waals surface area contributed by atoms with Crippen LogP contribution in [0, 0.1) is 4.94 Å². The van der Waals surface area contributed by atoms with E-state index in [9.17, 15) is 0 Å². The van der Waals surface area contributed by atoms with Crippen LogP contribution in [0.1, 0.15) is 0 Å². The summed E-state index contributed by atoms with van der Waals surface area (Å²) in [4.78, 5) is 3.23. The van der Waals surface area contributed by atoms with Gasteiger partial charge in [0.1, 0.15) is 0 Å². The number of benzene rings is 1. The van der Waals surface area contributed by atoms with E-state index in [2.05, 4.69) is 35.3 Å². The zero-order valence-electron chi connectivity index (χ0n) is 4.79. The third kappa shape index (κ3) is 0.827. The molecular formula is C8H5Se. The van der Waals surface area contributed by atoms with Crippen LogP contribution in [-0.2, 0) is 0 Å². The zero-order valence-corrected chi connectivity index (χ0v) is 6.51. The second-order valence-electron chi connectivity index (χ2n) is 1.90. The molecule has 0 N–H and O–H groups in total. The molecule has 9 heavy (non-hydrogen) atoms. The molecule has 0 saturated heterocycles. The van der Waals surface area contributed by atoms with Crippen LogP contribution in [0.2, 0.25) is 0 Å². The molecule has 2 aromatic rings. The molecule has 1 aromatic carbocycles. The van der Waals surface area contributed by atoms with E-state index in [0.29, 0.717) is 14.5 Å². The monoisotopic (exact) mass is 181 g/mol. The Morgan fingerprint density at radius 1 is 1.22 bits per heavy atom. The van der Waals surface area contributed by atoms with Crippen molar-refractivity contribution >= 4 is 24.1 Å². The van der Waals surface area contributed by atoms with Gasteiger partial charge in [0, 0.05) is 0 Å². The number of hydrogen-bond donors (Lipinski definition) is 0. The van der Waals surface area contributed by atoms with E-state index in [1.54, 1.807) is 0 Å². The van der Waals surface area contributed by atoms with Gasteiger partial charge in [0.25, 0.3) is 0 Å². The quantitative estimate of drug-likeness (QED) is 0.541. The molecule has 0 amide bonds. The first kappa shape index (κ1) is 5.28. The summed E-state index contributed by atoms with van der Waals surface area (Å²) in [6, 6.07) is 10.5. The SMILES string of the molecule is [c]1cc2ccccc2[se]1. The molecule has 43 valence electrons. The van der Waals surface area contributed by atoms with Crippen molar-refractivity contribution in [3.05, 3.63) is 35.3 Å². The number of hydrogen-bond acceptors (Lipinski definition) is 0. The van der Waals surface area contributed by atoms with Gasteiger partial charge in [-0.2, -0.15) is 0 Å². The Kier molecular flexibility index (Phi) is 1.18. The van der Waals surface area contributed by atoms with E-state index in [1.165, 1.54) is 9.65 Å². The Balaban J connectivity index is 2.95. The predicted molar refractivity (Wildman–Crippen MR) is 39.7 cm³/mol. The van der Waals surface area contributed by atoms with Crippen molar-refractivity contribution in [1.29, 1.82) is 0 Å². The van der Waals surface area contributed by atoms with E-state index in [4.69, 9.17) is 0 Å². The van der Waals surface area contributed by atoms with E-state index >= 15 is 0 Å². The summed E-state index contributed by atoms with van der Waals surface area (Å²) < 4.78 is 1.46. The minimum absolute atomic E-state index is 0.497. The molecule has 1 heteroatoms. The van der Waals surface area contributed by atoms with Crippen molar-refractivity contribution in [2.75, 3.05) is 0 Å². The van der Waals surface area contributed by atoms with Crippen LogP contribution in [0.25, 0.3) is 9.65 Å². The van der Waals surface area contributed by atoms with Crippen LogP contribution >= 0.6 is 0 Å². The van der Waals surface area contributed by atoms with Crippen molar-refractivity contribution in [3.63, 3.8) is 0 Å². The van der Waals surface area contributed by atoms with Gasteiger partial charge in [-0.05, 0) is 0 Å². The average Bonchev–Trinajstić information content (AvgIpc) is 2.33. The van der Waals surface area contributed by atoms with Crippen molar-refractivity contribution in [2.24, 2.45) is 0 Å². The van der Waals surface area contributed by atoms with E-state index < -0.39 is 0 Å². The molecule has 0 atom stereocenters. The normalized spacial score (nSPS) is 10.2. The zero-order chi connectivity index (χ0) is 6.10. The molecule has 0 saturated carbocycles. The Labute approximate surface area is 59.9 Å². The fourth-order valence-electron chi connectivity index (χ4n) is 0.849. The Morgan fingerprint density at radius 3 is 3.00 bits per heavy atom. The molecule has 1 radical (unpaired) electrons. The van der Waals surface area contributed by atoms with E-state index in [0.717, 1.165) is 0 Å². The van der Waals surface area contributed by atoms with Crippen molar-refractivity contribution < 1.29 is 0 Å². The molecule has 0 aliphatic heterocycles. The fourth-order valence-corrected chi connectivity index (χ4v) is 2.33. The van der Waals surface area contributed by atoms with Crippen LogP contribution in [0.3, 0.4) is 0 Å². The topological polar surface area (TPSA) is 0 Å². The van der Waals surface area contributed by atoms with Gasteiger partial charge < -0.3 is 0 Å². The summed E-state index contributed by atoms with van der Waals surface area (Å²) in [5.41, 5.74) is 0. The van der Waals surface area contributed by atoms with Crippen LogP contribution in [0.4, 0.5) is 0 Å². The third-order valence-corrected chi connectivity index (χ3v) is 3.04. The van der Waals surface area contributed by atoms with Crippen LogP contribution < -0.4 is 0 Å². The van der Waals surface area contributed by atoms with Crippen LogP contribution in [0.5, 0.6) is 0 Å². The summed E-state index contributed by atoms with van der Waals surface area (Å²) >= 11 is 0.497. The van der Waals surface area contributed by atoms with Crippen molar-refractivity contribution in [3.8, 4) is 0 Å². The van der Waals surface area contributed by atoms with E-state index in [-0.39, 0.29) is 0 Å². The summed E-state index contributed by atoms with van der Waals surface area (Å²) in [5, 5.41) is 1.36. The third-order valence-electron chi connectivity index (χ3n) is 1.30. The van der Waals surface area contributed by atoms with Crippen LogP contribution in [0.15, 0.2) is 30.3 Å². The molecule has 0 bridgehead atoms. The first-order chi connectivity index (χ1) is 4.47. The molecular weight excluding hydrogens is 175 g/mol. The Bertz CT molecular complexity index is 279. The molecule has 0 nitrogen and oxygen atoms in total. The second-order valence-corrected chi connectivity index (χ2v) is 3.75. The maximum absolute atomic E-state index is 3.23. The number of fused-ring (bicyclic) bond motifs is 1. The molecule has 2 rings (SSSR count). The standard InChI is InChI=1S/C8H5Se/c1-2-4-8-7(3-1)5-6-9-8/h1-5H. The summed E-state index contributed by atoms with van der Waals surface area (Å²) in [6.07, 6.45) is 0.